The lowest BCUT2D eigenvalue weighted by atomic mass is 10.2. The van der Waals surface area contributed by atoms with Gasteiger partial charge in [0.2, 0.25) is 0 Å². The van der Waals surface area contributed by atoms with Gasteiger partial charge in [0.15, 0.2) is 10.9 Å². The van der Waals surface area contributed by atoms with Crippen molar-refractivity contribution in [1.29, 1.82) is 0 Å². The average molecular weight is 282 g/mol. The Labute approximate surface area is 116 Å². The normalized spacial score (nSPS) is 15.1. The summed E-state index contributed by atoms with van der Waals surface area (Å²) in [6.45, 7) is 5.37. The Kier molecular flexibility index (Phi) is 3.89. The van der Waals surface area contributed by atoms with Crippen molar-refractivity contribution >= 4 is 28.3 Å². The fraction of sp³-hybridized carbons (Fsp3) is 0.615. The maximum Gasteiger partial charge on any atom is 0.413 e. The second kappa shape index (κ2) is 5.28. The van der Waals surface area contributed by atoms with Crippen LogP contribution in [0.3, 0.4) is 0 Å². The molecule has 0 saturated heterocycles. The van der Waals surface area contributed by atoms with Crippen molar-refractivity contribution in [3.05, 3.63) is 11.1 Å². The van der Waals surface area contributed by atoms with Crippen molar-refractivity contribution in [3.63, 3.8) is 0 Å². The van der Waals surface area contributed by atoms with Crippen molar-refractivity contribution in [2.75, 3.05) is 5.32 Å². The number of anilines is 1. The number of hydrogen-bond donors (Lipinski definition) is 1. The van der Waals surface area contributed by atoms with Crippen molar-refractivity contribution in [2.24, 2.45) is 5.92 Å². The number of Topliss-reactive ketones (excluding diaryl/α,β-unsaturated/α-hetero) is 1. The number of ether oxygens (including phenoxy) is 1. The molecular weight excluding hydrogens is 264 g/mol. The molecule has 0 unspecified atom stereocenters. The Morgan fingerprint density at radius 2 is 2.16 bits per heavy atom. The molecule has 0 aliphatic heterocycles. The topological polar surface area (TPSA) is 68.3 Å². The van der Waals surface area contributed by atoms with Gasteiger partial charge < -0.3 is 4.74 Å². The number of ketones is 1. The molecule has 1 aliphatic carbocycles. The predicted molar refractivity (Wildman–Crippen MR) is 73.6 cm³/mol. The molecule has 1 saturated carbocycles. The number of carbonyl (C=O) groups excluding carboxylic acids is 2. The zero-order chi connectivity index (χ0) is 14.0. The van der Waals surface area contributed by atoms with Crippen molar-refractivity contribution in [2.45, 2.75) is 45.6 Å². The molecule has 0 radical (unpaired) electrons. The predicted octanol–water partition coefficient (Wildman–Crippen LogP) is 3.47. The fourth-order valence-electron chi connectivity index (χ4n) is 1.54. The van der Waals surface area contributed by atoms with Gasteiger partial charge in [-0.25, -0.2) is 9.78 Å². The van der Waals surface area contributed by atoms with Gasteiger partial charge in [-0.3, -0.25) is 10.1 Å². The van der Waals surface area contributed by atoms with Crippen LogP contribution in [0.2, 0.25) is 0 Å². The molecule has 0 spiro atoms. The molecule has 19 heavy (non-hydrogen) atoms. The Balaban J connectivity index is 1.89. The summed E-state index contributed by atoms with van der Waals surface area (Å²) in [6, 6.07) is 0. The monoisotopic (exact) mass is 282 g/mol. The maximum absolute atomic E-state index is 11.8. The van der Waals surface area contributed by atoms with Gasteiger partial charge in [-0.15, -0.1) is 0 Å². The van der Waals surface area contributed by atoms with Gasteiger partial charge in [-0.05, 0) is 39.5 Å². The lowest BCUT2D eigenvalue weighted by Gasteiger charge is -2.18. The standard InChI is InChI=1S/C13H18N2O3S/c1-13(2,3)18-12(17)15-11-14-7-10(19-11)9(16)6-8-4-5-8/h7-8H,4-6H2,1-3H3,(H,14,15,17). The number of nitrogens with zero attached hydrogens (tertiary/aromatic N) is 1. The van der Waals surface area contributed by atoms with E-state index < -0.39 is 11.7 Å². The summed E-state index contributed by atoms with van der Waals surface area (Å²) in [5, 5.41) is 2.93. The average Bonchev–Trinajstić information content (AvgIpc) is 2.93. The zero-order valence-electron chi connectivity index (χ0n) is 11.4. The Morgan fingerprint density at radius 3 is 2.74 bits per heavy atom. The van der Waals surface area contributed by atoms with E-state index in [1.165, 1.54) is 17.5 Å². The van der Waals surface area contributed by atoms with Gasteiger partial charge in [0, 0.05) is 6.42 Å². The summed E-state index contributed by atoms with van der Waals surface area (Å²) in [5.41, 5.74) is -0.550. The molecule has 1 heterocycles. The third kappa shape index (κ3) is 4.63. The molecule has 1 aromatic rings. The third-order valence-electron chi connectivity index (χ3n) is 2.56. The molecular formula is C13H18N2O3S. The number of thiazole rings is 1. The van der Waals surface area contributed by atoms with Crippen LogP contribution in [0.1, 0.15) is 49.7 Å². The van der Waals surface area contributed by atoms with E-state index in [4.69, 9.17) is 4.74 Å². The molecule has 6 heteroatoms. The van der Waals surface area contributed by atoms with Crippen molar-refractivity contribution in [3.8, 4) is 0 Å². The van der Waals surface area contributed by atoms with E-state index in [9.17, 15) is 9.59 Å². The van der Waals surface area contributed by atoms with Crippen LogP contribution in [0.25, 0.3) is 0 Å². The quantitative estimate of drug-likeness (QED) is 0.858. The minimum Gasteiger partial charge on any atom is -0.444 e. The fourth-order valence-corrected chi connectivity index (χ4v) is 2.29. The lowest BCUT2D eigenvalue weighted by Crippen LogP contribution is -2.27. The number of nitrogens with one attached hydrogen (secondary N) is 1. The summed E-state index contributed by atoms with van der Waals surface area (Å²) < 4.78 is 5.12. The van der Waals surface area contributed by atoms with E-state index in [1.807, 2.05) is 0 Å². The van der Waals surface area contributed by atoms with E-state index in [0.717, 1.165) is 12.8 Å². The van der Waals surface area contributed by atoms with Crippen molar-refractivity contribution in [1.82, 2.24) is 4.98 Å². The van der Waals surface area contributed by atoms with Crippen LogP contribution in [0, 0.1) is 5.92 Å². The summed E-state index contributed by atoms with van der Waals surface area (Å²) in [5.74, 6) is 0.661. The zero-order valence-corrected chi connectivity index (χ0v) is 12.2. The molecule has 5 nitrogen and oxygen atoms in total. The SMILES string of the molecule is CC(C)(C)OC(=O)Nc1ncc(C(=O)CC2CC2)s1. The van der Waals surface area contributed by atoms with Gasteiger partial charge in [0.05, 0.1) is 11.1 Å². The summed E-state index contributed by atoms with van der Waals surface area (Å²) in [4.78, 5) is 28.0. The van der Waals surface area contributed by atoms with Crippen LogP contribution in [0.15, 0.2) is 6.20 Å². The molecule has 0 bridgehead atoms. The van der Waals surface area contributed by atoms with Crippen LogP contribution in [0.4, 0.5) is 9.93 Å². The van der Waals surface area contributed by atoms with E-state index in [0.29, 0.717) is 22.3 Å². The number of aromatic nitrogens is 1. The molecule has 1 amide bonds. The second-order valence-corrected chi connectivity index (χ2v) is 6.76. The lowest BCUT2D eigenvalue weighted by molar-refractivity contribution is 0.0635. The molecule has 1 aliphatic rings. The molecule has 1 fully saturated rings. The van der Waals surface area contributed by atoms with Gasteiger partial charge in [-0.2, -0.15) is 0 Å². The number of carbonyl (C=O) groups is 2. The number of hydrogen-bond acceptors (Lipinski definition) is 5. The van der Waals surface area contributed by atoms with Gasteiger partial charge in [0.25, 0.3) is 0 Å². The Hall–Kier alpha value is -1.43. The second-order valence-electron chi connectivity index (χ2n) is 5.73. The van der Waals surface area contributed by atoms with E-state index >= 15 is 0 Å². The first kappa shape index (κ1) is 14.0. The van der Waals surface area contributed by atoms with Crippen molar-refractivity contribution < 1.29 is 14.3 Å². The van der Waals surface area contributed by atoms with Gasteiger partial charge in [-0.1, -0.05) is 11.3 Å². The smallest absolute Gasteiger partial charge is 0.413 e. The van der Waals surface area contributed by atoms with E-state index in [-0.39, 0.29) is 5.78 Å². The Bertz CT molecular complexity index is 486. The molecule has 0 aromatic carbocycles. The highest BCUT2D eigenvalue weighted by Crippen LogP contribution is 2.34. The first-order valence-electron chi connectivity index (χ1n) is 6.32. The van der Waals surface area contributed by atoms with Gasteiger partial charge >= 0.3 is 6.09 Å². The van der Waals surface area contributed by atoms with Gasteiger partial charge in [0.1, 0.15) is 5.60 Å². The third-order valence-corrected chi connectivity index (χ3v) is 3.51. The van der Waals surface area contributed by atoms with Crippen LogP contribution in [-0.4, -0.2) is 22.5 Å². The number of rotatable bonds is 4. The first-order valence-corrected chi connectivity index (χ1v) is 7.14. The highest BCUT2D eigenvalue weighted by Gasteiger charge is 2.26. The molecule has 1 N–H and O–H groups in total. The van der Waals surface area contributed by atoms with Crippen LogP contribution in [-0.2, 0) is 4.74 Å². The number of amides is 1. The highest BCUT2D eigenvalue weighted by molar-refractivity contribution is 7.17. The molecule has 104 valence electrons. The summed E-state index contributed by atoms with van der Waals surface area (Å²) in [6.07, 6.45) is 3.85. The minimum atomic E-state index is -0.553. The summed E-state index contributed by atoms with van der Waals surface area (Å²) in [7, 11) is 0. The van der Waals surface area contributed by atoms with E-state index in [1.54, 1.807) is 20.8 Å². The minimum absolute atomic E-state index is 0.109. The van der Waals surface area contributed by atoms with E-state index in [2.05, 4.69) is 10.3 Å². The molecule has 1 aromatic heterocycles. The Morgan fingerprint density at radius 1 is 1.47 bits per heavy atom. The largest absolute Gasteiger partial charge is 0.444 e. The van der Waals surface area contributed by atoms with Crippen LogP contribution < -0.4 is 5.32 Å². The maximum atomic E-state index is 11.8. The summed E-state index contributed by atoms with van der Waals surface area (Å²) >= 11 is 1.19. The highest BCUT2D eigenvalue weighted by atomic mass is 32.1. The first-order chi connectivity index (χ1) is 8.83. The van der Waals surface area contributed by atoms with Crippen LogP contribution in [0.5, 0.6) is 0 Å². The molecule has 2 rings (SSSR count). The van der Waals surface area contributed by atoms with Crippen LogP contribution >= 0.6 is 11.3 Å². The molecule has 0 atom stereocenters.